The molecule has 0 saturated carbocycles. The lowest BCUT2D eigenvalue weighted by molar-refractivity contribution is 0.479. The fourth-order valence-corrected chi connectivity index (χ4v) is 2.44. The molecule has 0 aliphatic heterocycles. The number of nitrogens with zero attached hydrogens (tertiary/aromatic N) is 6. The van der Waals surface area contributed by atoms with Gasteiger partial charge in [0.05, 0.1) is 13.1 Å². The van der Waals surface area contributed by atoms with Gasteiger partial charge < -0.3 is 19.6 Å². The average molecular weight is 332 g/mol. The highest BCUT2D eigenvalue weighted by molar-refractivity contribution is 5.79. The molecule has 0 N–H and O–H groups in total. The Morgan fingerprint density at radius 1 is 0.583 bits per heavy atom. The predicted octanol–water partition coefficient (Wildman–Crippen LogP) is 1.65. The lowest BCUT2D eigenvalue weighted by Gasteiger charge is -2.22. The molecule has 6 nitrogen and oxygen atoms in total. The number of benzene rings is 1. The van der Waals surface area contributed by atoms with Crippen LogP contribution in [0.5, 0.6) is 0 Å². The molecule has 0 atom stereocenters. The standard InChI is InChI=1S/C18H32N6/c1-21(2)17(22(3)4)19-13-15-9-11-16(12-10-15)14-20-18(23(5)6)24(7)8/h9-12H,13-14H2,1-8H3. The summed E-state index contributed by atoms with van der Waals surface area (Å²) in [5.74, 6) is 1.93. The highest BCUT2D eigenvalue weighted by atomic mass is 15.3. The minimum atomic E-state index is 0.676. The van der Waals surface area contributed by atoms with Crippen LogP contribution in [-0.4, -0.2) is 87.9 Å². The molecule has 24 heavy (non-hydrogen) atoms. The van der Waals surface area contributed by atoms with Crippen molar-refractivity contribution >= 4 is 11.9 Å². The van der Waals surface area contributed by atoms with Crippen LogP contribution in [-0.2, 0) is 13.1 Å². The fraction of sp³-hybridized carbons (Fsp3) is 0.556. The first-order valence-electron chi connectivity index (χ1n) is 8.08. The molecule has 0 aliphatic rings. The van der Waals surface area contributed by atoms with Gasteiger partial charge in [0.2, 0.25) is 0 Å². The molecule has 0 heterocycles. The molecule has 0 unspecified atom stereocenters. The maximum absolute atomic E-state index is 4.67. The zero-order chi connectivity index (χ0) is 18.3. The largest absolute Gasteiger partial charge is 0.349 e. The summed E-state index contributed by atoms with van der Waals surface area (Å²) in [5.41, 5.74) is 2.40. The molecule has 1 aromatic rings. The van der Waals surface area contributed by atoms with Gasteiger partial charge in [-0.3, -0.25) is 0 Å². The van der Waals surface area contributed by atoms with Crippen molar-refractivity contribution < 1.29 is 0 Å². The van der Waals surface area contributed by atoms with Crippen LogP contribution in [0.4, 0.5) is 0 Å². The summed E-state index contributed by atoms with van der Waals surface area (Å²) in [7, 11) is 16.1. The maximum atomic E-state index is 4.67. The van der Waals surface area contributed by atoms with Crippen molar-refractivity contribution in [3.63, 3.8) is 0 Å². The van der Waals surface area contributed by atoms with Crippen molar-refractivity contribution in [1.82, 2.24) is 19.6 Å². The summed E-state index contributed by atoms with van der Waals surface area (Å²) in [4.78, 5) is 17.4. The second-order valence-corrected chi connectivity index (χ2v) is 6.63. The third kappa shape index (κ3) is 6.10. The smallest absolute Gasteiger partial charge is 0.195 e. The van der Waals surface area contributed by atoms with E-state index in [1.165, 1.54) is 11.1 Å². The summed E-state index contributed by atoms with van der Waals surface area (Å²) in [6.07, 6.45) is 0. The van der Waals surface area contributed by atoms with E-state index in [4.69, 9.17) is 0 Å². The van der Waals surface area contributed by atoms with E-state index in [1.807, 2.05) is 76.0 Å². The second kappa shape index (κ2) is 9.15. The summed E-state index contributed by atoms with van der Waals surface area (Å²) in [6, 6.07) is 8.51. The quantitative estimate of drug-likeness (QED) is 0.621. The Morgan fingerprint density at radius 3 is 1.04 bits per heavy atom. The van der Waals surface area contributed by atoms with E-state index in [9.17, 15) is 0 Å². The first kappa shape index (κ1) is 19.8. The van der Waals surface area contributed by atoms with E-state index >= 15 is 0 Å². The van der Waals surface area contributed by atoms with Gasteiger partial charge in [0.25, 0.3) is 0 Å². The highest BCUT2D eigenvalue weighted by Gasteiger charge is 2.05. The minimum absolute atomic E-state index is 0.676. The van der Waals surface area contributed by atoms with E-state index in [0.717, 1.165) is 11.9 Å². The Kier molecular flexibility index (Phi) is 7.55. The Balaban J connectivity index is 2.76. The van der Waals surface area contributed by atoms with Gasteiger partial charge in [0.1, 0.15) is 0 Å². The molecule has 0 amide bonds. The van der Waals surface area contributed by atoms with Crippen LogP contribution in [0, 0.1) is 0 Å². The van der Waals surface area contributed by atoms with Crippen LogP contribution < -0.4 is 0 Å². The van der Waals surface area contributed by atoms with Gasteiger partial charge in [0.15, 0.2) is 11.9 Å². The summed E-state index contributed by atoms with van der Waals surface area (Å²) in [6.45, 7) is 1.35. The van der Waals surface area contributed by atoms with Crippen LogP contribution in [0.25, 0.3) is 0 Å². The van der Waals surface area contributed by atoms with Gasteiger partial charge in [-0.25, -0.2) is 9.98 Å². The molecular weight excluding hydrogens is 300 g/mol. The lowest BCUT2D eigenvalue weighted by Crippen LogP contribution is -2.35. The van der Waals surface area contributed by atoms with Crippen molar-refractivity contribution in [2.45, 2.75) is 13.1 Å². The molecular formula is C18H32N6. The normalized spacial score (nSPS) is 10.0. The van der Waals surface area contributed by atoms with Gasteiger partial charge >= 0.3 is 0 Å². The number of aliphatic imine (C=N–C) groups is 2. The Hall–Kier alpha value is -2.24. The monoisotopic (exact) mass is 332 g/mol. The van der Waals surface area contributed by atoms with Gasteiger partial charge in [0, 0.05) is 56.4 Å². The minimum Gasteiger partial charge on any atom is -0.349 e. The molecule has 1 rings (SSSR count). The average Bonchev–Trinajstić information content (AvgIpc) is 2.47. The molecule has 0 radical (unpaired) electrons. The maximum Gasteiger partial charge on any atom is 0.195 e. The van der Waals surface area contributed by atoms with Crippen LogP contribution >= 0.6 is 0 Å². The number of guanidine groups is 2. The van der Waals surface area contributed by atoms with Gasteiger partial charge in [-0.15, -0.1) is 0 Å². The van der Waals surface area contributed by atoms with Crippen molar-refractivity contribution in [1.29, 1.82) is 0 Å². The second-order valence-electron chi connectivity index (χ2n) is 6.63. The number of hydrogen-bond acceptors (Lipinski definition) is 2. The summed E-state index contributed by atoms with van der Waals surface area (Å²) >= 11 is 0. The van der Waals surface area contributed by atoms with Crippen LogP contribution in [0.2, 0.25) is 0 Å². The fourth-order valence-electron chi connectivity index (χ4n) is 2.44. The van der Waals surface area contributed by atoms with Crippen molar-refractivity contribution in [2.75, 3.05) is 56.4 Å². The molecule has 0 bridgehead atoms. The predicted molar refractivity (Wildman–Crippen MR) is 103 cm³/mol. The topological polar surface area (TPSA) is 37.7 Å². The molecule has 0 saturated heterocycles. The SMILES string of the molecule is CN(C)C(=NCc1ccc(CN=C(N(C)C)N(C)C)cc1)N(C)C. The molecule has 134 valence electrons. The summed E-state index contributed by atoms with van der Waals surface area (Å²) < 4.78 is 0. The Morgan fingerprint density at radius 2 is 0.833 bits per heavy atom. The number of rotatable bonds is 4. The molecule has 6 heteroatoms. The molecule has 0 spiro atoms. The van der Waals surface area contributed by atoms with Gasteiger partial charge in [-0.2, -0.15) is 0 Å². The number of hydrogen-bond donors (Lipinski definition) is 0. The van der Waals surface area contributed by atoms with Gasteiger partial charge in [-0.05, 0) is 11.1 Å². The zero-order valence-electron chi connectivity index (χ0n) is 16.4. The highest BCUT2D eigenvalue weighted by Crippen LogP contribution is 2.08. The molecule has 0 aliphatic carbocycles. The van der Waals surface area contributed by atoms with Crippen LogP contribution in [0.3, 0.4) is 0 Å². The Labute approximate surface area is 147 Å². The lowest BCUT2D eigenvalue weighted by atomic mass is 10.1. The van der Waals surface area contributed by atoms with E-state index < -0.39 is 0 Å². The molecule has 0 aromatic heterocycles. The molecule has 1 aromatic carbocycles. The van der Waals surface area contributed by atoms with Gasteiger partial charge in [-0.1, -0.05) is 24.3 Å². The van der Waals surface area contributed by atoms with Crippen LogP contribution in [0.15, 0.2) is 34.3 Å². The zero-order valence-corrected chi connectivity index (χ0v) is 16.4. The van der Waals surface area contributed by atoms with Crippen LogP contribution in [0.1, 0.15) is 11.1 Å². The van der Waals surface area contributed by atoms with Crippen molar-refractivity contribution in [3.8, 4) is 0 Å². The Bertz CT molecular complexity index is 484. The van der Waals surface area contributed by atoms with Crippen molar-refractivity contribution in [2.24, 2.45) is 9.98 Å². The van der Waals surface area contributed by atoms with E-state index in [2.05, 4.69) is 34.3 Å². The van der Waals surface area contributed by atoms with E-state index in [-0.39, 0.29) is 0 Å². The molecule has 0 fully saturated rings. The van der Waals surface area contributed by atoms with Crippen molar-refractivity contribution in [3.05, 3.63) is 35.4 Å². The first-order chi connectivity index (χ1) is 11.2. The van der Waals surface area contributed by atoms with E-state index in [1.54, 1.807) is 0 Å². The summed E-state index contributed by atoms with van der Waals surface area (Å²) in [5, 5.41) is 0. The van der Waals surface area contributed by atoms with E-state index in [0.29, 0.717) is 13.1 Å². The first-order valence-corrected chi connectivity index (χ1v) is 8.08. The third-order valence-electron chi connectivity index (χ3n) is 3.43. The third-order valence-corrected chi connectivity index (χ3v) is 3.43.